The van der Waals surface area contributed by atoms with E-state index in [4.69, 9.17) is 4.74 Å². The number of rotatable bonds is 8. The second-order valence-corrected chi connectivity index (χ2v) is 7.58. The van der Waals surface area contributed by atoms with Gasteiger partial charge in [-0.25, -0.2) is 0 Å². The number of hydrogen-bond acceptors (Lipinski definition) is 5. The summed E-state index contributed by atoms with van der Waals surface area (Å²) in [5.41, 5.74) is 4.53. The number of benzene rings is 2. The monoisotopic (exact) mass is 467 g/mol. The van der Waals surface area contributed by atoms with Gasteiger partial charge in [0.15, 0.2) is 0 Å². The number of aryl methyl sites for hydroxylation is 1. The van der Waals surface area contributed by atoms with Gasteiger partial charge in [0.05, 0.1) is 36.4 Å². The van der Waals surface area contributed by atoms with Crippen molar-refractivity contribution in [2.45, 2.75) is 27.0 Å². The second-order valence-electron chi connectivity index (χ2n) is 7.58. The molecule has 4 aromatic rings. The Morgan fingerprint density at radius 1 is 1.12 bits per heavy atom. The Morgan fingerprint density at radius 3 is 2.59 bits per heavy atom. The maximum atomic E-state index is 12.9. The lowest BCUT2D eigenvalue weighted by Crippen LogP contribution is -2.14. The van der Waals surface area contributed by atoms with Gasteiger partial charge in [0, 0.05) is 5.56 Å². The molecule has 10 heteroatoms. The summed E-state index contributed by atoms with van der Waals surface area (Å²) in [4.78, 5) is 12.9. The summed E-state index contributed by atoms with van der Waals surface area (Å²) < 4.78 is 36.1. The number of anilines is 1. The molecule has 0 saturated carbocycles. The van der Waals surface area contributed by atoms with E-state index in [1.807, 2.05) is 42.8 Å². The Kier molecular flexibility index (Phi) is 6.58. The summed E-state index contributed by atoms with van der Waals surface area (Å²) >= 11 is 0. The summed E-state index contributed by atoms with van der Waals surface area (Å²) in [6.45, 7) is 1.35. The molecule has 0 spiro atoms. The molecule has 0 radical (unpaired) electrons. The summed E-state index contributed by atoms with van der Waals surface area (Å²) in [5.74, 6) is 0.437. The zero-order chi connectivity index (χ0) is 24.2. The summed E-state index contributed by atoms with van der Waals surface area (Å²) in [5, 5.41) is 14.3. The lowest BCUT2D eigenvalue weighted by Gasteiger charge is -2.08. The number of aromatic amines is 1. The van der Waals surface area contributed by atoms with Gasteiger partial charge in [0.2, 0.25) is 0 Å². The fourth-order valence-electron chi connectivity index (χ4n) is 3.55. The zero-order valence-electron chi connectivity index (χ0n) is 18.8. The molecule has 0 saturated heterocycles. The van der Waals surface area contributed by atoms with Crippen molar-refractivity contribution >= 4 is 11.6 Å². The summed E-state index contributed by atoms with van der Waals surface area (Å²) in [6.07, 6.45) is 0. The number of amides is 1. The molecule has 0 fully saturated rings. The number of hydrogen-bond donors (Lipinski definition) is 2. The molecular weight excluding hydrogens is 444 g/mol. The van der Waals surface area contributed by atoms with Crippen LogP contribution in [0.5, 0.6) is 11.5 Å². The molecule has 0 unspecified atom stereocenters. The van der Waals surface area contributed by atoms with Gasteiger partial charge in [0.25, 0.3) is 5.91 Å². The first-order chi connectivity index (χ1) is 16.3. The topological polar surface area (TPSA) is 94.1 Å². The quantitative estimate of drug-likeness (QED) is 0.388. The zero-order valence-corrected chi connectivity index (χ0v) is 18.8. The van der Waals surface area contributed by atoms with Gasteiger partial charge >= 0.3 is 6.61 Å². The fourth-order valence-corrected chi connectivity index (χ4v) is 3.55. The molecule has 0 bridgehead atoms. The second kappa shape index (κ2) is 9.74. The first-order valence-corrected chi connectivity index (χ1v) is 10.4. The predicted octanol–water partition coefficient (Wildman–Crippen LogP) is 4.80. The number of nitrogens with zero attached hydrogens (tertiary/aromatic N) is 3. The van der Waals surface area contributed by atoms with Crippen molar-refractivity contribution in [3.8, 4) is 22.8 Å². The first kappa shape index (κ1) is 23.0. The average molecular weight is 467 g/mol. The molecule has 1 amide bonds. The van der Waals surface area contributed by atoms with Crippen LogP contribution in [0.1, 0.15) is 27.4 Å². The smallest absolute Gasteiger partial charge is 0.387 e. The van der Waals surface area contributed by atoms with Crippen LogP contribution in [0.4, 0.5) is 14.5 Å². The van der Waals surface area contributed by atoms with Gasteiger partial charge in [0.1, 0.15) is 17.2 Å². The SMILES string of the molecule is COc1cccc(Cn2nc(C)c(NC(=O)c3cc(-c4ccc(OC(F)F)cc4)n[nH]3)c2C)c1. The van der Waals surface area contributed by atoms with Crippen molar-refractivity contribution in [1.29, 1.82) is 0 Å². The average Bonchev–Trinajstić information content (AvgIpc) is 3.41. The van der Waals surface area contributed by atoms with Crippen LogP contribution in [0, 0.1) is 13.8 Å². The van der Waals surface area contributed by atoms with Gasteiger partial charge in [-0.3, -0.25) is 14.6 Å². The highest BCUT2D eigenvalue weighted by atomic mass is 19.3. The minimum absolute atomic E-state index is 0.0455. The van der Waals surface area contributed by atoms with Crippen LogP contribution in [0.25, 0.3) is 11.3 Å². The number of methoxy groups -OCH3 is 1. The highest BCUT2D eigenvalue weighted by Gasteiger charge is 2.18. The van der Waals surface area contributed by atoms with Crippen LogP contribution in [-0.2, 0) is 6.54 Å². The van der Waals surface area contributed by atoms with Crippen molar-refractivity contribution in [3.05, 3.63) is 77.2 Å². The van der Waals surface area contributed by atoms with Crippen molar-refractivity contribution < 1.29 is 23.0 Å². The van der Waals surface area contributed by atoms with Gasteiger partial charge in [-0.05, 0) is 61.9 Å². The normalized spacial score (nSPS) is 11.0. The molecule has 176 valence electrons. The Hall–Kier alpha value is -4.21. The molecule has 4 rings (SSSR count). The Morgan fingerprint density at radius 2 is 1.88 bits per heavy atom. The number of aromatic nitrogens is 4. The van der Waals surface area contributed by atoms with E-state index >= 15 is 0 Å². The minimum atomic E-state index is -2.89. The summed E-state index contributed by atoms with van der Waals surface area (Å²) in [7, 11) is 1.62. The highest BCUT2D eigenvalue weighted by Crippen LogP contribution is 2.25. The maximum Gasteiger partial charge on any atom is 0.387 e. The fraction of sp³-hybridized carbons (Fsp3) is 0.208. The molecule has 0 aliphatic carbocycles. The van der Waals surface area contributed by atoms with Crippen LogP contribution in [-0.4, -0.2) is 39.6 Å². The van der Waals surface area contributed by atoms with Crippen LogP contribution in [0.15, 0.2) is 54.6 Å². The number of nitrogens with one attached hydrogen (secondary N) is 2. The molecule has 2 aromatic heterocycles. The van der Waals surface area contributed by atoms with Crippen molar-refractivity contribution in [2.24, 2.45) is 0 Å². The Labute approximate surface area is 194 Å². The molecule has 0 aliphatic heterocycles. The first-order valence-electron chi connectivity index (χ1n) is 10.4. The van der Waals surface area contributed by atoms with E-state index in [1.54, 1.807) is 25.3 Å². The Balaban J connectivity index is 1.47. The third-order valence-electron chi connectivity index (χ3n) is 5.28. The maximum absolute atomic E-state index is 12.9. The van der Waals surface area contributed by atoms with Crippen molar-refractivity contribution in [3.63, 3.8) is 0 Å². The molecule has 2 heterocycles. The summed E-state index contributed by atoms with van der Waals surface area (Å²) in [6, 6.07) is 15.3. The van der Waals surface area contributed by atoms with E-state index in [0.717, 1.165) is 17.0 Å². The molecular formula is C24H23F2N5O3. The van der Waals surface area contributed by atoms with E-state index < -0.39 is 6.61 Å². The number of halogens is 2. The standard InChI is InChI=1S/C24H23F2N5O3/c1-14-22(15(2)31(30-14)13-16-5-4-6-19(11-16)33-3)27-23(32)21-12-20(28-29-21)17-7-9-18(10-8-17)34-24(25)26/h4-12,24H,13H2,1-3H3,(H,27,32)(H,28,29). The highest BCUT2D eigenvalue weighted by molar-refractivity contribution is 6.04. The van der Waals surface area contributed by atoms with E-state index in [9.17, 15) is 13.6 Å². The van der Waals surface area contributed by atoms with E-state index in [2.05, 4.69) is 25.3 Å². The van der Waals surface area contributed by atoms with Crippen LogP contribution < -0.4 is 14.8 Å². The lowest BCUT2D eigenvalue weighted by molar-refractivity contribution is -0.0498. The molecule has 2 aromatic carbocycles. The third kappa shape index (κ3) is 5.06. The number of alkyl halides is 2. The number of ether oxygens (including phenoxy) is 2. The van der Waals surface area contributed by atoms with Gasteiger partial charge < -0.3 is 14.8 Å². The molecule has 0 atom stereocenters. The van der Waals surface area contributed by atoms with Gasteiger partial charge in [-0.2, -0.15) is 19.0 Å². The van der Waals surface area contributed by atoms with E-state index in [0.29, 0.717) is 29.2 Å². The van der Waals surface area contributed by atoms with Gasteiger partial charge in [-0.1, -0.05) is 12.1 Å². The van der Waals surface area contributed by atoms with Crippen LogP contribution in [0.3, 0.4) is 0 Å². The number of H-pyrrole nitrogens is 1. The van der Waals surface area contributed by atoms with Crippen molar-refractivity contribution in [2.75, 3.05) is 12.4 Å². The van der Waals surface area contributed by atoms with Crippen LogP contribution in [0.2, 0.25) is 0 Å². The predicted molar refractivity (Wildman–Crippen MR) is 122 cm³/mol. The molecule has 2 N–H and O–H groups in total. The van der Waals surface area contributed by atoms with Crippen molar-refractivity contribution in [1.82, 2.24) is 20.0 Å². The molecule has 34 heavy (non-hydrogen) atoms. The number of carbonyl (C=O) groups excluding carboxylic acids is 1. The number of carbonyl (C=O) groups is 1. The third-order valence-corrected chi connectivity index (χ3v) is 5.28. The van der Waals surface area contributed by atoms with Gasteiger partial charge in [-0.15, -0.1) is 0 Å². The molecule has 0 aliphatic rings. The largest absolute Gasteiger partial charge is 0.497 e. The lowest BCUT2D eigenvalue weighted by atomic mass is 10.1. The van der Waals surface area contributed by atoms with E-state index in [1.165, 1.54) is 12.1 Å². The minimum Gasteiger partial charge on any atom is -0.497 e. The van der Waals surface area contributed by atoms with Crippen LogP contribution >= 0.6 is 0 Å². The Bertz CT molecular complexity index is 1300. The molecule has 8 nitrogen and oxygen atoms in total. The van der Waals surface area contributed by atoms with E-state index in [-0.39, 0.29) is 17.4 Å².